The molecule has 9 nitrogen and oxygen atoms in total. The number of phenols is 1. The van der Waals surface area contributed by atoms with Gasteiger partial charge in [0.1, 0.15) is 11.5 Å². The van der Waals surface area contributed by atoms with Crippen molar-refractivity contribution in [2.24, 2.45) is 0 Å². The van der Waals surface area contributed by atoms with E-state index < -0.39 is 10.0 Å². The molecule has 0 atom stereocenters. The van der Waals surface area contributed by atoms with Gasteiger partial charge in [0.05, 0.1) is 11.5 Å². The number of unbranched alkanes of at least 4 members (excludes halogenated alkanes) is 3. The molecule has 0 aliphatic rings. The Labute approximate surface area is 237 Å². The number of urea groups is 1. The van der Waals surface area contributed by atoms with Gasteiger partial charge in [-0.2, -0.15) is 0 Å². The number of phenolic OH excluding ortho intramolecular Hbond substituents is 1. The van der Waals surface area contributed by atoms with Crippen LogP contribution >= 0.6 is 0 Å². The van der Waals surface area contributed by atoms with Crippen LogP contribution in [0.4, 0.5) is 16.2 Å². The van der Waals surface area contributed by atoms with Crippen LogP contribution < -0.4 is 25.4 Å². The SMILES string of the molecule is CCCCCCNC(=O)Nc1ccc(S(=O)(=O)Nc2ccc(CCNCCCOc3ccc(O)cc3)cc2)cc1. The highest BCUT2D eigenvalue weighted by Crippen LogP contribution is 2.19. The number of amides is 2. The molecule has 0 bridgehead atoms. The van der Waals surface area contributed by atoms with Gasteiger partial charge in [-0.05, 0) is 98.6 Å². The molecule has 0 aliphatic carbocycles. The summed E-state index contributed by atoms with van der Waals surface area (Å²) in [6, 6.07) is 19.7. The zero-order chi connectivity index (χ0) is 28.6. The number of hydrogen-bond donors (Lipinski definition) is 5. The fraction of sp³-hybridized carbons (Fsp3) is 0.367. The molecule has 0 fully saturated rings. The first-order chi connectivity index (χ1) is 19.4. The van der Waals surface area contributed by atoms with Gasteiger partial charge >= 0.3 is 6.03 Å². The largest absolute Gasteiger partial charge is 0.508 e. The second kappa shape index (κ2) is 16.4. The van der Waals surface area contributed by atoms with Crippen LogP contribution in [0.2, 0.25) is 0 Å². The Kier molecular flexibility index (Phi) is 12.6. The zero-order valence-electron chi connectivity index (χ0n) is 23.0. The van der Waals surface area contributed by atoms with Crippen LogP contribution in [0.3, 0.4) is 0 Å². The number of anilines is 2. The summed E-state index contributed by atoms with van der Waals surface area (Å²) in [7, 11) is -3.76. The molecule has 0 radical (unpaired) electrons. The minimum atomic E-state index is -3.76. The van der Waals surface area contributed by atoms with Crippen molar-refractivity contribution in [3.8, 4) is 11.5 Å². The van der Waals surface area contributed by atoms with Gasteiger partial charge in [0.25, 0.3) is 10.0 Å². The van der Waals surface area contributed by atoms with Crippen molar-refractivity contribution in [2.75, 3.05) is 36.3 Å². The van der Waals surface area contributed by atoms with E-state index in [0.29, 0.717) is 24.5 Å². The Morgan fingerprint density at radius 1 is 0.800 bits per heavy atom. The standard InChI is InChI=1S/C30H40N4O5S/c1-2-3-4-5-21-32-30(36)33-25-11-17-29(18-12-25)40(37,38)34-26-9-7-24(8-10-26)19-22-31-20-6-23-39-28-15-13-27(35)14-16-28/h7-18,31,34-35H,2-6,19-23H2,1H3,(H2,32,33,36). The summed E-state index contributed by atoms with van der Waals surface area (Å²) in [6.07, 6.45) is 5.97. The molecule has 0 saturated carbocycles. The van der Waals surface area contributed by atoms with E-state index in [1.165, 1.54) is 12.1 Å². The third-order valence-corrected chi connectivity index (χ3v) is 7.54. The van der Waals surface area contributed by atoms with Gasteiger partial charge in [-0.15, -0.1) is 0 Å². The number of hydrogen-bond acceptors (Lipinski definition) is 6. The third-order valence-electron chi connectivity index (χ3n) is 6.14. The fourth-order valence-corrected chi connectivity index (χ4v) is 4.95. The summed E-state index contributed by atoms with van der Waals surface area (Å²) in [5.74, 6) is 0.948. The van der Waals surface area contributed by atoms with Gasteiger partial charge in [0.15, 0.2) is 0 Å². The molecule has 40 heavy (non-hydrogen) atoms. The van der Waals surface area contributed by atoms with Crippen molar-refractivity contribution in [1.82, 2.24) is 10.6 Å². The average Bonchev–Trinajstić information content (AvgIpc) is 2.94. The summed E-state index contributed by atoms with van der Waals surface area (Å²) in [4.78, 5) is 12.1. The molecule has 3 rings (SSSR count). The fourth-order valence-electron chi connectivity index (χ4n) is 3.89. The Morgan fingerprint density at radius 3 is 2.20 bits per heavy atom. The Balaban J connectivity index is 1.35. The van der Waals surface area contributed by atoms with Crippen LogP contribution in [0, 0.1) is 0 Å². The van der Waals surface area contributed by atoms with E-state index in [1.807, 2.05) is 12.1 Å². The van der Waals surface area contributed by atoms with Crippen LogP contribution in [-0.2, 0) is 16.4 Å². The summed E-state index contributed by atoms with van der Waals surface area (Å²) < 4.78 is 33.8. The first-order valence-electron chi connectivity index (χ1n) is 13.7. The maximum atomic E-state index is 12.8. The van der Waals surface area contributed by atoms with Crippen molar-refractivity contribution in [1.29, 1.82) is 0 Å². The van der Waals surface area contributed by atoms with Crippen LogP contribution in [0.1, 0.15) is 44.6 Å². The molecule has 0 heterocycles. The van der Waals surface area contributed by atoms with Crippen molar-refractivity contribution < 1.29 is 23.1 Å². The van der Waals surface area contributed by atoms with Crippen LogP contribution in [-0.4, -0.2) is 45.8 Å². The molecule has 0 unspecified atom stereocenters. The number of ether oxygens (including phenoxy) is 1. The van der Waals surface area contributed by atoms with Crippen LogP contribution in [0.5, 0.6) is 11.5 Å². The van der Waals surface area contributed by atoms with Gasteiger partial charge in [-0.3, -0.25) is 4.72 Å². The predicted octanol–water partition coefficient (Wildman–Crippen LogP) is 5.50. The smallest absolute Gasteiger partial charge is 0.319 e. The summed E-state index contributed by atoms with van der Waals surface area (Å²) in [5.41, 5.74) is 2.09. The van der Waals surface area contributed by atoms with Crippen LogP contribution in [0.15, 0.2) is 77.7 Å². The van der Waals surface area contributed by atoms with Crippen molar-refractivity contribution in [3.05, 3.63) is 78.4 Å². The Bertz CT molecular complexity index is 1260. The van der Waals surface area contributed by atoms with E-state index >= 15 is 0 Å². The maximum Gasteiger partial charge on any atom is 0.319 e. The van der Waals surface area contributed by atoms with E-state index in [-0.39, 0.29) is 16.7 Å². The van der Waals surface area contributed by atoms with Gasteiger partial charge in [-0.25, -0.2) is 13.2 Å². The second-order valence-corrected chi connectivity index (χ2v) is 11.1. The number of nitrogens with one attached hydrogen (secondary N) is 4. The number of aromatic hydroxyl groups is 1. The molecule has 216 valence electrons. The summed E-state index contributed by atoms with van der Waals surface area (Å²) >= 11 is 0. The van der Waals surface area contributed by atoms with E-state index in [1.54, 1.807) is 48.5 Å². The number of carbonyl (C=O) groups is 1. The second-order valence-electron chi connectivity index (χ2n) is 9.46. The maximum absolute atomic E-state index is 12.8. The minimum Gasteiger partial charge on any atom is -0.508 e. The lowest BCUT2D eigenvalue weighted by molar-refractivity contribution is 0.252. The highest BCUT2D eigenvalue weighted by Gasteiger charge is 2.14. The zero-order valence-corrected chi connectivity index (χ0v) is 23.8. The molecule has 0 saturated heterocycles. The molecule has 3 aromatic carbocycles. The molecular weight excluding hydrogens is 528 g/mol. The molecule has 0 aromatic heterocycles. The minimum absolute atomic E-state index is 0.112. The van der Waals surface area contributed by atoms with Crippen molar-refractivity contribution in [2.45, 2.75) is 50.3 Å². The monoisotopic (exact) mass is 568 g/mol. The molecule has 3 aromatic rings. The number of carbonyl (C=O) groups excluding carboxylic acids is 1. The highest BCUT2D eigenvalue weighted by atomic mass is 32.2. The topological polar surface area (TPSA) is 129 Å². The summed E-state index contributed by atoms with van der Waals surface area (Å²) in [5, 5.41) is 18.2. The number of sulfonamides is 1. The van der Waals surface area contributed by atoms with Gasteiger partial charge in [0.2, 0.25) is 0 Å². The van der Waals surface area contributed by atoms with Crippen molar-refractivity contribution in [3.63, 3.8) is 0 Å². The van der Waals surface area contributed by atoms with E-state index in [0.717, 1.165) is 62.9 Å². The molecule has 0 spiro atoms. The number of benzene rings is 3. The molecule has 5 N–H and O–H groups in total. The van der Waals surface area contributed by atoms with E-state index in [4.69, 9.17) is 4.74 Å². The first kappa shape index (κ1) is 30.8. The quantitative estimate of drug-likeness (QED) is 0.137. The normalized spacial score (nSPS) is 11.1. The lowest BCUT2D eigenvalue weighted by Crippen LogP contribution is -2.29. The van der Waals surface area contributed by atoms with E-state index in [9.17, 15) is 18.3 Å². The summed E-state index contributed by atoms with van der Waals surface area (Å²) in [6.45, 7) is 4.94. The molecule has 2 amide bonds. The number of rotatable bonds is 17. The lowest BCUT2D eigenvalue weighted by Gasteiger charge is -2.11. The average molecular weight is 569 g/mol. The highest BCUT2D eigenvalue weighted by molar-refractivity contribution is 7.92. The molecule has 0 aliphatic heterocycles. The van der Waals surface area contributed by atoms with Gasteiger partial charge in [-0.1, -0.05) is 38.3 Å². The molecule has 10 heteroatoms. The Morgan fingerprint density at radius 2 is 1.50 bits per heavy atom. The van der Waals surface area contributed by atoms with Gasteiger partial charge in [0, 0.05) is 17.9 Å². The van der Waals surface area contributed by atoms with Gasteiger partial charge < -0.3 is 25.8 Å². The molecular formula is C30H40N4O5S. The van der Waals surface area contributed by atoms with E-state index in [2.05, 4.69) is 27.6 Å². The predicted molar refractivity (Wildman–Crippen MR) is 160 cm³/mol. The first-order valence-corrected chi connectivity index (χ1v) is 15.2. The lowest BCUT2D eigenvalue weighted by atomic mass is 10.1. The van der Waals surface area contributed by atoms with Crippen LogP contribution in [0.25, 0.3) is 0 Å². The third kappa shape index (κ3) is 11.2. The van der Waals surface area contributed by atoms with Crippen molar-refractivity contribution >= 4 is 27.4 Å². The Hall–Kier alpha value is -3.76.